The standard InChI is InChI=1S/C19H19ClN4O3S/c1-26-14-9-7-13(8-10-14)12-24(28(3)25)17-11-16(22-23-19(17)27-2)15-5-4-6-18(20)21-15/h4-11H,12H2,1-3H3. The Kier molecular flexibility index (Phi) is 6.43. The first-order chi connectivity index (χ1) is 13.5. The molecule has 0 fully saturated rings. The highest BCUT2D eigenvalue weighted by Gasteiger charge is 2.20. The molecule has 1 atom stereocenters. The lowest BCUT2D eigenvalue weighted by Crippen LogP contribution is -2.25. The summed E-state index contributed by atoms with van der Waals surface area (Å²) >= 11 is 5.98. The van der Waals surface area contributed by atoms with Gasteiger partial charge >= 0.3 is 0 Å². The van der Waals surface area contributed by atoms with Crippen molar-refractivity contribution in [3.63, 3.8) is 0 Å². The van der Waals surface area contributed by atoms with Crippen molar-refractivity contribution in [3.8, 4) is 23.0 Å². The molecule has 2 aromatic heterocycles. The minimum atomic E-state index is -1.34. The molecule has 3 rings (SSSR count). The van der Waals surface area contributed by atoms with E-state index < -0.39 is 11.0 Å². The molecule has 0 amide bonds. The summed E-state index contributed by atoms with van der Waals surface area (Å²) in [5.41, 5.74) is 2.57. The van der Waals surface area contributed by atoms with Crippen LogP contribution in [0.4, 0.5) is 5.69 Å². The van der Waals surface area contributed by atoms with Crippen molar-refractivity contribution in [2.45, 2.75) is 6.54 Å². The number of methoxy groups -OCH3 is 2. The average molecular weight is 419 g/mol. The lowest BCUT2D eigenvalue weighted by atomic mass is 10.2. The van der Waals surface area contributed by atoms with E-state index in [0.717, 1.165) is 11.3 Å². The number of hydrogen-bond donors (Lipinski definition) is 0. The monoisotopic (exact) mass is 418 g/mol. The van der Waals surface area contributed by atoms with E-state index in [0.29, 0.717) is 28.8 Å². The Labute approximate surface area is 170 Å². The molecular weight excluding hydrogens is 400 g/mol. The number of aromatic nitrogens is 3. The molecule has 28 heavy (non-hydrogen) atoms. The van der Waals surface area contributed by atoms with Gasteiger partial charge in [0.05, 0.1) is 26.5 Å². The number of halogens is 1. The quantitative estimate of drug-likeness (QED) is 0.546. The van der Waals surface area contributed by atoms with Gasteiger partial charge in [-0.05, 0) is 35.9 Å². The van der Waals surface area contributed by atoms with E-state index in [1.54, 1.807) is 41.9 Å². The van der Waals surface area contributed by atoms with Gasteiger partial charge in [0, 0.05) is 6.26 Å². The molecule has 9 heteroatoms. The van der Waals surface area contributed by atoms with E-state index >= 15 is 0 Å². The first kappa shape index (κ1) is 20.0. The fourth-order valence-corrected chi connectivity index (χ4v) is 3.48. The molecule has 1 unspecified atom stereocenters. The molecule has 2 heterocycles. The summed E-state index contributed by atoms with van der Waals surface area (Å²) in [7, 11) is 1.77. The molecule has 146 valence electrons. The average Bonchev–Trinajstić information content (AvgIpc) is 2.71. The number of pyridine rings is 1. The van der Waals surface area contributed by atoms with Crippen LogP contribution >= 0.6 is 11.6 Å². The summed E-state index contributed by atoms with van der Waals surface area (Å²) < 4.78 is 24.7. The summed E-state index contributed by atoms with van der Waals surface area (Å²) in [4.78, 5) is 4.26. The van der Waals surface area contributed by atoms with Crippen molar-refractivity contribution in [2.75, 3.05) is 24.8 Å². The van der Waals surface area contributed by atoms with E-state index in [9.17, 15) is 4.21 Å². The zero-order chi connectivity index (χ0) is 20.1. The topological polar surface area (TPSA) is 77.4 Å². The third-order valence-corrected chi connectivity index (χ3v) is 5.13. The first-order valence-electron chi connectivity index (χ1n) is 8.30. The van der Waals surface area contributed by atoms with E-state index in [1.807, 2.05) is 24.3 Å². The van der Waals surface area contributed by atoms with E-state index in [4.69, 9.17) is 21.1 Å². The Morgan fingerprint density at radius 2 is 1.79 bits per heavy atom. The third kappa shape index (κ3) is 4.58. The van der Waals surface area contributed by atoms with Crippen LogP contribution in [-0.4, -0.2) is 39.9 Å². The van der Waals surface area contributed by atoms with Gasteiger partial charge in [-0.25, -0.2) is 9.19 Å². The van der Waals surface area contributed by atoms with Crippen LogP contribution in [0.3, 0.4) is 0 Å². The van der Waals surface area contributed by atoms with Crippen LogP contribution < -0.4 is 13.8 Å². The van der Waals surface area contributed by atoms with Crippen LogP contribution in [0.25, 0.3) is 11.4 Å². The molecule has 0 saturated carbocycles. The van der Waals surface area contributed by atoms with Gasteiger partial charge < -0.3 is 9.47 Å². The lowest BCUT2D eigenvalue weighted by Gasteiger charge is -2.23. The van der Waals surface area contributed by atoms with Crippen LogP contribution in [0.5, 0.6) is 11.6 Å². The smallest absolute Gasteiger partial charge is 0.258 e. The van der Waals surface area contributed by atoms with Crippen molar-refractivity contribution in [2.24, 2.45) is 0 Å². The summed E-state index contributed by atoms with van der Waals surface area (Å²) in [6, 6.07) is 14.5. The fraction of sp³-hybridized carbons (Fsp3) is 0.211. The third-order valence-electron chi connectivity index (χ3n) is 3.98. The second-order valence-corrected chi connectivity index (χ2v) is 7.45. The van der Waals surface area contributed by atoms with Gasteiger partial charge in [0.25, 0.3) is 5.88 Å². The van der Waals surface area contributed by atoms with Gasteiger partial charge in [-0.3, -0.25) is 4.31 Å². The lowest BCUT2D eigenvalue weighted by molar-refractivity contribution is 0.393. The van der Waals surface area contributed by atoms with Gasteiger partial charge in [-0.1, -0.05) is 29.8 Å². The van der Waals surface area contributed by atoms with Gasteiger partial charge in [-0.15, -0.1) is 10.2 Å². The molecule has 3 aromatic rings. The largest absolute Gasteiger partial charge is 0.497 e. The zero-order valence-electron chi connectivity index (χ0n) is 15.6. The Morgan fingerprint density at radius 3 is 2.39 bits per heavy atom. The molecule has 1 aromatic carbocycles. The molecule has 0 bridgehead atoms. The zero-order valence-corrected chi connectivity index (χ0v) is 17.2. The van der Waals surface area contributed by atoms with Gasteiger partial charge in [0.2, 0.25) is 0 Å². The molecular formula is C19H19ClN4O3S. The molecule has 0 spiro atoms. The summed E-state index contributed by atoms with van der Waals surface area (Å²) in [6.45, 7) is 0.386. The first-order valence-corrected chi connectivity index (χ1v) is 10.2. The highest BCUT2D eigenvalue weighted by molar-refractivity contribution is 7.85. The second-order valence-electron chi connectivity index (χ2n) is 5.78. The van der Waals surface area contributed by atoms with Crippen LogP contribution in [-0.2, 0) is 17.5 Å². The number of benzene rings is 1. The number of nitrogens with zero attached hydrogens (tertiary/aromatic N) is 4. The highest BCUT2D eigenvalue weighted by atomic mass is 35.5. The molecule has 0 aliphatic rings. The van der Waals surface area contributed by atoms with Gasteiger partial charge in [0.15, 0.2) is 0 Å². The van der Waals surface area contributed by atoms with Crippen LogP contribution in [0.15, 0.2) is 48.5 Å². The Balaban J connectivity index is 2.00. The molecule has 0 N–H and O–H groups in total. The van der Waals surface area contributed by atoms with Gasteiger partial charge in [-0.2, -0.15) is 0 Å². The molecule has 0 aliphatic carbocycles. The Hall–Kier alpha value is -2.71. The van der Waals surface area contributed by atoms with Crippen molar-refractivity contribution >= 4 is 28.3 Å². The van der Waals surface area contributed by atoms with Crippen LogP contribution in [0.2, 0.25) is 5.15 Å². The Morgan fingerprint density at radius 1 is 1.04 bits per heavy atom. The number of rotatable bonds is 7. The maximum atomic E-state index is 12.5. The molecule has 0 saturated heterocycles. The maximum absolute atomic E-state index is 12.5. The van der Waals surface area contributed by atoms with Crippen molar-refractivity contribution in [3.05, 3.63) is 59.2 Å². The highest BCUT2D eigenvalue weighted by Crippen LogP contribution is 2.31. The van der Waals surface area contributed by atoms with Gasteiger partial charge in [0.1, 0.15) is 33.3 Å². The number of anilines is 1. The van der Waals surface area contributed by atoms with E-state index in [-0.39, 0.29) is 5.88 Å². The molecule has 0 radical (unpaired) electrons. The number of hydrogen-bond acceptors (Lipinski definition) is 6. The SMILES string of the molecule is COc1ccc(CN(c2cc(-c3cccc(Cl)n3)nnc2OC)S(C)=O)cc1. The fourth-order valence-electron chi connectivity index (χ4n) is 2.58. The normalized spacial score (nSPS) is 11.7. The summed E-state index contributed by atoms with van der Waals surface area (Å²) in [6.07, 6.45) is 1.60. The van der Waals surface area contributed by atoms with E-state index in [1.165, 1.54) is 7.11 Å². The van der Waals surface area contributed by atoms with E-state index in [2.05, 4.69) is 15.2 Å². The molecule has 7 nitrogen and oxygen atoms in total. The van der Waals surface area contributed by atoms with Crippen LogP contribution in [0.1, 0.15) is 5.56 Å². The predicted octanol–water partition coefficient (Wildman–Crippen LogP) is 3.51. The van der Waals surface area contributed by atoms with Crippen molar-refractivity contribution in [1.82, 2.24) is 15.2 Å². The predicted molar refractivity (Wildman–Crippen MR) is 110 cm³/mol. The Bertz CT molecular complexity index is 985. The minimum Gasteiger partial charge on any atom is -0.497 e. The van der Waals surface area contributed by atoms with Crippen molar-refractivity contribution < 1.29 is 13.7 Å². The van der Waals surface area contributed by atoms with Crippen LogP contribution in [0, 0.1) is 0 Å². The minimum absolute atomic E-state index is 0.273. The maximum Gasteiger partial charge on any atom is 0.258 e. The summed E-state index contributed by atoms with van der Waals surface area (Å²) in [5.74, 6) is 1.03. The molecule has 0 aliphatic heterocycles. The summed E-state index contributed by atoms with van der Waals surface area (Å²) in [5, 5.41) is 8.63. The number of ether oxygens (including phenoxy) is 2. The van der Waals surface area contributed by atoms with Crippen molar-refractivity contribution in [1.29, 1.82) is 0 Å². The second kappa shape index (κ2) is 8.99.